The zero-order valence-electron chi connectivity index (χ0n) is 23.1. The van der Waals surface area contributed by atoms with Crippen LogP contribution in [0.5, 0.6) is 0 Å². The lowest BCUT2D eigenvalue weighted by atomic mass is 9.84. The third kappa shape index (κ3) is 8.05. The highest BCUT2D eigenvalue weighted by Gasteiger charge is 2.24. The first-order valence-corrected chi connectivity index (χ1v) is 14.8. The molecule has 1 aromatic rings. The zero-order chi connectivity index (χ0) is 25.2. The molecule has 2 unspecified atom stereocenters. The molecule has 0 radical (unpaired) electrons. The highest BCUT2D eigenvalue weighted by Crippen LogP contribution is 2.30. The summed E-state index contributed by atoms with van der Waals surface area (Å²) in [5, 5.41) is 0. The summed E-state index contributed by atoms with van der Waals surface area (Å²) >= 11 is 0. The Morgan fingerprint density at radius 3 is 2.53 bits per heavy atom. The van der Waals surface area contributed by atoms with Gasteiger partial charge in [0.1, 0.15) is 0 Å². The molecule has 2 fully saturated rings. The van der Waals surface area contributed by atoms with E-state index in [2.05, 4.69) is 84.9 Å². The summed E-state index contributed by atoms with van der Waals surface area (Å²) < 4.78 is 0. The van der Waals surface area contributed by atoms with E-state index in [0.717, 1.165) is 12.3 Å². The van der Waals surface area contributed by atoms with Gasteiger partial charge in [0.05, 0.1) is 0 Å². The average molecular weight is 487 g/mol. The van der Waals surface area contributed by atoms with E-state index in [1.165, 1.54) is 113 Å². The molecule has 2 heteroatoms. The summed E-state index contributed by atoms with van der Waals surface area (Å²) in [5.74, 6) is 2.02. The molecule has 0 aromatic heterocycles. The number of unbranched alkanes of at least 4 members (excludes halogenated alkanes) is 1. The molecule has 36 heavy (non-hydrogen) atoms. The normalized spacial score (nSPS) is 22.8. The van der Waals surface area contributed by atoms with Crippen LogP contribution < -0.4 is 0 Å². The number of hydrogen-bond acceptors (Lipinski definition) is 2. The summed E-state index contributed by atoms with van der Waals surface area (Å²) in [4.78, 5) is 5.38. The maximum atomic E-state index is 4.53. The molecule has 2 atom stereocenters. The van der Waals surface area contributed by atoms with Crippen LogP contribution >= 0.6 is 0 Å². The van der Waals surface area contributed by atoms with Crippen LogP contribution in [0.1, 0.15) is 76.3 Å². The van der Waals surface area contributed by atoms with Gasteiger partial charge in [-0.15, -0.1) is 0 Å². The average Bonchev–Trinajstić information content (AvgIpc) is 3.13. The molecule has 2 saturated heterocycles. The standard InChI is InChI=1S/C34H50N2/c1-28-14-6-4-7-17-33(28)30(3)27-36-24-19-31(20-25-36)26-32-16-8-9-18-34(32)29(2)15-10-13-23-35-21-11-5-12-22-35/h4,6-9,14,16-18,30-31,33H,2,5,10-13,15,19-27H2,1,3H3. The van der Waals surface area contributed by atoms with Gasteiger partial charge in [-0.2, -0.15) is 0 Å². The number of nitrogens with zero attached hydrogens (tertiary/aromatic N) is 2. The molecule has 196 valence electrons. The number of likely N-dealkylation sites (tertiary alicyclic amines) is 2. The van der Waals surface area contributed by atoms with Gasteiger partial charge in [-0.25, -0.2) is 0 Å². The Balaban J connectivity index is 1.21. The Labute approximate surface area is 221 Å². The van der Waals surface area contributed by atoms with Crippen LogP contribution in [0.4, 0.5) is 0 Å². The summed E-state index contributed by atoms with van der Waals surface area (Å²) in [7, 11) is 0. The van der Waals surface area contributed by atoms with Crippen LogP contribution in [0.15, 0.2) is 66.8 Å². The Hall–Kier alpha value is -1.90. The lowest BCUT2D eigenvalue weighted by Gasteiger charge is -2.35. The van der Waals surface area contributed by atoms with Crippen molar-refractivity contribution >= 4 is 5.57 Å². The molecule has 3 aliphatic rings. The molecule has 2 nitrogen and oxygen atoms in total. The molecule has 4 rings (SSSR count). The van der Waals surface area contributed by atoms with Crippen molar-refractivity contribution in [3.05, 3.63) is 77.9 Å². The van der Waals surface area contributed by atoms with Crippen molar-refractivity contribution in [2.45, 2.75) is 71.6 Å². The largest absolute Gasteiger partial charge is 0.303 e. The Morgan fingerprint density at radius 1 is 0.944 bits per heavy atom. The van der Waals surface area contributed by atoms with E-state index in [1.807, 2.05) is 0 Å². The quantitative estimate of drug-likeness (QED) is 0.293. The van der Waals surface area contributed by atoms with E-state index >= 15 is 0 Å². The van der Waals surface area contributed by atoms with Gasteiger partial charge in [0, 0.05) is 12.5 Å². The Morgan fingerprint density at radius 2 is 1.72 bits per heavy atom. The fraction of sp³-hybridized carbons (Fsp3) is 0.588. The molecule has 0 N–H and O–H groups in total. The van der Waals surface area contributed by atoms with E-state index in [-0.39, 0.29) is 0 Å². The topological polar surface area (TPSA) is 6.48 Å². The summed E-state index contributed by atoms with van der Waals surface area (Å²) in [6.07, 6.45) is 23.0. The number of hydrogen-bond donors (Lipinski definition) is 0. The van der Waals surface area contributed by atoms with Crippen molar-refractivity contribution < 1.29 is 0 Å². The number of rotatable bonds is 11. The minimum atomic E-state index is 0.565. The second-order valence-electron chi connectivity index (χ2n) is 11.8. The molecule has 0 bridgehead atoms. The molecular weight excluding hydrogens is 436 g/mol. The van der Waals surface area contributed by atoms with Gasteiger partial charge >= 0.3 is 0 Å². The molecule has 0 spiro atoms. The van der Waals surface area contributed by atoms with Crippen LogP contribution in [0.25, 0.3) is 5.57 Å². The molecule has 1 aromatic carbocycles. The van der Waals surface area contributed by atoms with E-state index in [0.29, 0.717) is 11.8 Å². The van der Waals surface area contributed by atoms with Gasteiger partial charge in [-0.3, -0.25) is 0 Å². The highest BCUT2D eigenvalue weighted by atomic mass is 15.1. The zero-order valence-corrected chi connectivity index (χ0v) is 23.1. The predicted octanol–water partition coefficient (Wildman–Crippen LogP) is 7.94. The van der Waals surface area contributed by atoms with Crippen molar-refractivity contribution in [3.63, 3.8) is 0 Å². The second kappa shape index (κ2) is 14.1. The van der Waals surface area contributed by atoms with E-state index in [1.54, 1.807) is 0 Å². The van der Waals surface area contributed by atoms with Crippen molar-refractivity contribution in [1.29, 1.82) is 0 Å². The SMILES string of the molecule is C=C(CCCCN1CCCCC1)c1ccccc1CC1CCN(CC(C)C2C=CC=CC=C2C)CC1. The van der Waals surface area contributed by atoms with Gasteiger partial charge in [0.25, 0.3) is 0 Å². The lowest BCUT2D eigenvalue weighted by Crippen LogP contribution is -2.38. The van der Waals surface area contributed by atoms with Crippen LogP contribution in [0.2, 0.25) is 0 Å². The van der Waals surface area contributed by atoms with Gasteiger partial charge < -0.3 is 9.80 Å². The van der Waals surface area contributed by atoms with Crippen molar-refractivity contribution in [3.8, 4) is 0 Å². The van der Waals surface area contributed by atoms with Gasteiger partial charge in [-0.05, 0) is 120 Å². The highest BCUT2D eigenvalue weighted by molar-refractivity contribution is 5.66. The monoisotopic (exact) mass is 486 g/mol. The van der Waals surface area contributed by atoms with E-state index < -0.39 is 0 Å². The Bertz CT molecular complexity index is 909. The first-order chi connectivity index (χ1) is 17.6. The second-order valence-corrected chi connectivity index (χ2v) is 11.8. The van der Waals surface area contributed by atoms with E-state index in [9.17, 15) is 0 Å². The predicted molar refractivity (Wildman–Crippen MR) is 157 cm³/mol. The molecule has 1 aliphatic carbocycles. The smallest absolute Gasteiger partial charge is 0.00180 e. The van der Waals surface area contributed by atoms with Crippen molar-refractivity contribution in [1.82, 2.24) is 9.80 Å². The number of benzene rings is 1. The van der Waals surface area contributed by atoms with Crippen LogP contribution in [-0.2, 0) is 6.42 Å². The van der Waals surface area contributed by atoms with Crippen LogP contribution in [0.3, 0.4) is 0 Å². The maximum Gasteiger partial charge on any atom is 0.00180 e. The molecule has 0 saturated carbocycles. The lowest BCUT2D eigenvalue weighted by molar-refractivity contribution is 0.156. The van der Waals surface area contributed by atoms with Crippen LogP contribution in [0, 0.1) is 17.8 Å². The van der Waals surface area contributed by atoms with Crippen LogP contribution in [-0.4, -0.2) is 49.1 Å². The van der Waals surface area contributed by atoms with Crippen molar-refractivity contribution in [2.24, 2.45) is 17.8 Å². The third-order valence-corrected chi connectivity index (χ3v) is 8.85. The molecule has 2 heterocycles. The number of allylic oxidation sites excluding steroid dienone is 7. The molecular formula is C34H50N2. The maximum absolute atomic E-state index is 4.53. The molecule has 2 aliphatic heterocycles. The first-order valence-electron chi connectivity index (χ1n) is 14.8. The third-order valence-electron chi connectivity index (χ3n) is 8.85. The van der Waals surface area contributed by atoms with Gasteiger partial charge in [0.15, 0.2) is 0 Å². The van der Waals surface area contributed by atoms with E-state index in [4.69, 9.17) is 0 Å². The molecule has 0 amide bonds. The summed E-state index contributed by atoms with van der Waals surface area (Å²) in [6.45, 7) is 16.8. The first kappa shape index (κ1) is 27.1. The van der Waals surface area contributed by atoms with Crippen molar-refractivity contribution in [2.75, 3.05) is 39.3 Å². The van der Waals surface area contributed by atoms with Gasteiger partial charge in [-0.1, -0.05) is 80.1 Å². The minimum absolute atomic E-state index is 0.565. The number of piperidine rings is 2. The van der Waals surface area contributed by atoms with Gasteiger partial charge in [0.2, 0.25) is 0 Å². The fourth-order valence-corrected chi connectivity index (χ4v) is 6.60. The Kier molecular flexibility index (Phi) is 10.7. The summed E-state index contributed by atoms with van der Waals surface area (Å²) in [6, 6.07) is 9.12. The minimum Gasteiger partial charge on any atom is -0.303 e. The fourth-order valence-electron chi connectivity index (χ4n) is 6.60. The summed E-state index contributed by atoms with van der Waals surface area (Å²) in [5.41, 5.74) is 5.81.